The highest BCUT2D eigenvalue weighted by Crippen LogP contribution is 2.24. The molecule has 0 aliphatic carbocycles. The summed E-state index contributed by atoms with van der Waals surface area (Å²) in [6, 6.07) is 1.64. The molecule has 1 aromatic heterocycles. The van der Waals surface area contributed by atoms with Crippen LogP contribution in [0.3, 0.4) is 0 Å². The van der Waals surface area contributed by atoms with Crippen LogP contribution in [-0.4, -0.2) is 22.6 Å². The lowest BCUT2D eigenvalue weighted by molar-refractivity contribution is -0.117. The Labute approximate surface area is 109 Å². The molecule has 0 spiro atoms. The molecule has 2 rings (SSSR count). The first kappa shape index (κ1) is 12.9. The molecule has 0 atom stereocenters. The molecule has 1 aliphatic rings. The fourth-order valence-corrected chi connectivity index (χ4v) is 2.10. The van der Waals surface area contributed by atoms with E-state index in [1.54, 1.807) is 6.07 Å². The summed E-state index contributed by atoms with van der Waals surface area (Å²) in [6.45, 7) is 5.94. The maximum absolute atomic E-state index is 11.9. The number of hydrogen-bond donors (Lipinski definition) is 1. The number of nitrogens with zero attached hydrogens (tertiary/aromatic N) is 1. The number of rotatable bonds is 2. The van der Waals surface area contributed by atoms with Gasteiger partial charge in [-0.25, -0.2) is 0 Å². The molecule has 0 bridgehead atoms. The average Bonchev–Trinajstić information content (AvgIpc) is 2.85. The van der Waals surface area contributed by atoms with Crippen LogP contribution in [-0.2, 0) is 10.2 Å². The van der Waals surface area contributed by atoms with Crippen molar-refractivity contribution >= 4 is 23.5 Å². The average molecular weight is 266 g/mol. The van der Waals surface area contributed by atoms with Crippen molar-refractivity contribution < 1.29 is 14.1 Å². The number of hydrogen-bond acceptors (Lipinski definition) is 5. The van der Waals surface area contributed by atoms with Crippen LogP contribution in [0, 0.1) is 0 Å². The number of amides is 1. The molecular weight excluding hydrogens is 252 g/mol. The summed E-state index contributed by atoms with van der Waals surface area (Å²) in [4.78, 5) is 22.9. The summed E-state index contributed by atoms with van der Waals surface area (Å²) in [5.41, 5.74) is 0.0730. The van der Waals surface area contributed by atoms with Crippen molar-refractivity contribution in [3.8, 4) is 0 Å². The normalized spacial score (nSPS) is 18.2. The molecule has 1 aliphatic heterocycles. The zero-order valence-corrected chi connectivity index (χ0v) is 11.3. The molecule has 1 saturated heterocycles. The standard InChI is InChI=1S/C12H14N2O3S/c1-12(2,3)9-4-7(14-17-9)8(15)5-11-13-10(16)6-18-11/h4-5H,6H2,1-3H3,(H,13,16)/b11-5-. The van der Waals surface area contributed by atoms with Gasteiger partial charge in [-0.15, -0.1) is 0 Å². The molecule has 0 unspecified atom stereocenters. The Kier molecular flexibility index (Phi) is 3.30. The molecule has 2 heterocycles. The minimum atomic E-state index is -0.265. The van der Waals surface area contributed by atoms with Crippen molar-refractivity contribution in [1.82, 2.24) is 10.5 Å². The van der Waals surface area contributed by atoms with Crippen LogP contribution in [0.1, 0.15) is 37.0 Å². The number of aromatic nitrogens is 1. The second-order valence-corrected chi connectivity index (χ2v) is 6.05. The van der Waals surface area contributed by atoms with Crippen LogP contribution in [0.5, 0.6) is 0 Å². The third-order valence-corrected chi connectivity index (χ3v) is 3.32. The van der Waals surface area contributed by atoms with Crippen LogP contribution in [0.2, 0.25) is 0 Å². The van der Waals surface area contributed by atoms with E-state index in [1.807, 2.05) is 20.8 Å². The molecule has 0 aromatic carbocycles. The van der Waals surface area contributed by atoms with Crippen molar-refractivity contribution in [2.24, 2.45) is 0 Å². The van der Waals surface area contributed by atoms with Crippen LogP contribution in [0.15, 0.2) is 21.7 Å². The van der Waals surface area contributed by atoms with Gasteiger partial charge in [0.2, 0.25) is 11.7 Å². The Bertz CT molecular complexity index is 526. The lowest BCUT2D eigenvalue weighted by Gasteiger charge is -2.11. The molecule has 6 heteroatoms. The van der Waals surface area contributed by atoms with Crippen molar-refractivity contribution in [2.45, 2.75) is 26.2 Å². The Morgan fingerprint density at radius 1 is 1.56 bits per heavy atom. The van der Waals surface area contributed by atoms with Gasteiger partial charge in [0.1, 0.15) is 5.76 Å². The smallest absolute Gasteiger partial charge is 0.235 e. The van der Waals surface area contributed by atoms with E-state index in [1.165, 1.54) is 17.8 Å². The number of carbonyl (C=O) groups is 2. The van der Waals surface area contributed by atoms with Crippen LogP contribution in [0.25, 0.3) is 0 Å². The quantitative estimate of drug-likeness (QED) is 0.653. The molecule has 1 fully saturated rings. The maximum atomic E-state index is 11.9. The first-order valence-corrected chi connectivity index (χ1v) is 6.51. The van der Waals surface area contributed by atoms with Gasteiger partial charge in [0.25, 0.3) is 0 Å². The first-order chi connectivity index (χ1) is 8.36. The van der Waals surface area contributed by atoms with E-state index in [0.29, 0.717) is 16.5 Å². The largest absolute Gasteiger partial charge is 0.360 e. The van der Waals surface area contributed by atoms with E-state index in [2.05, 4.69) is 10.5 Å². The lowest BCUT2D eigenvalue weighted by Crippen LogP contribution is -2.14. The molecule has 0 saturated carbocycles. The number of carbonyl (C=O) groups excluding carboxylic acids is 2. The third kappa shape index (κ3) is 2.81. The summed E-state index contributed by atoms with van der Waals surface area (Å²) in [5, 5.41) is 6.91. The summed E-state index contributed by atoms with van der Waals surface area (Å²) in [5.74, 6) is 0.659. The molecule has 96 valence electrons. The second kappa shape index (κ2) is 4.61. The summed E-state index contributed by atoms with van der Waals surface area (Å²) < 4.78 is 5.14. The molecule has 18 heavy (non-hydrogen) atoms. The van der Waals surface area contributed by atoms with Gasteiger partial charge in [0, 0.05) is 17.6 Å². The number of ketones is 1. The molecule has 1 amide bonds. The van der Waals surface area contributed by atoms with Gasteiger partial charge in [-0.2, -0.15) is 0 Å². The van der Waals surface area contributed by atoms with Gasteiger partial charge in [-0.3, -0.25) is 9.59 Å². The van der Waals surface area contributed by atoms with Crippen LogP contribution in [0.4, 0.5) is 0 Å². The van der Waals surface area contributed by atoms with E-state index in [-0.39, 0.29) is 22.8 Å². The van der Waals surface area contributed by atoms with Crippen LogP contribution >= 0.6 is 11.8 Å². The Balaban J connectivity index is 2.15. The van der Waals surface area contributed by atoms with Crippen molar-refractivity contribution in [3.63, 3.8) is 0 Å². The fraction of sp³-hybridized carbons (Fsp3) is 0.417. The highest BCUT2D eigenvalue weighted by Gasteiger charge is 2.22. The minimum absolute atomic E-state index is 0.0883. The molecule has 1 N–H and O–H groups in total. The Morgan fingerprint density at radius 2 is 2.28 bits per heavy atom. The van der Waals surface area contributed by atoms with E-state index in [4.69, 9.17) is 4.52 Å². The summed E-state index contributed by atoms with van der Waals surface area (Å²) in [6.07, 6.45) is 1.37. The fourth-order valence-electron chi connectivity index (χ4n) is 1.37. The van der Waals surface area contributed by atoms with Gasteiger partial charge in [0.05, 0.1) is 10.8 Å². The predicted molar refractivity (Wildman–Crippen MR) is 68.2 cm³/mol. The molecular formula is C12H14N2O3S. The van der Waals surface area contributed by atoms with E-state index < -0.39 is 0 Å². The van der Waals surface area contributed by atoms with Gasteiger partial charge < -0.3 is 9.84 Å². The zero-order chi connectivity index (χ0) is 13.3. The predicted octanol–water partition coefficient (Wildman–Crippen LogP) is 1.86. The monoisotopic (exact) mass is 266 g/mol. The van der Waals surface area contributed by atoms with Gasteiger partial charge in [-0.05, 0) is 0 Å². The maximum Gasteiger partial charge on any atom is 0.235 e. The molecule has 1 aromatic rings. The SMILES string of the molecule is CC(C)(C)c1cc(C(=O)/C=C2/NC(=O)CS2)no1. The Morgan fingerprint density at radius 3 is 2.78 bits per heavy atom. The van der Waals surface area contributed by atoms with Gasteiger partial charge in [0.15, 0.2) is 5.69 Å². The Hall–Kier alpha value is -1.56. The number of thioether (sulfide) groups is 1. The van der Waals surface area contributed by atoms with Gasteiger partial charge >= 0.3 is 0 Å². The number of allylic oxidation sites excluding steroid dienone is 1. The highest BCUT2D eigenvalue weighted by molar-refractivity contribution is 8.04. The van der Waals surface area contributed by atoms with Crippen molar-refractivity contribution in [3.05, 3.63) is 28.6 Å². The minimum Gasteiger partial charge on any atom is -0.360 e. The topological polar surface area (TPSA) is 72.2 Å². The van der Waals surface area contributed by atoms with E-state index in [9.17, 15) is 9.59 Å². The third-order valence-electron chi connectivity index (χ3n) is 2.39. The first-order valence-electron chi connectivity index (χ1n) is 5.52. The van der Waals surface area contributed by atoms with E-state index >= 15 is 0 Å². The van der Waals surface area contributed by atoms with Crippen LogP contribution < -0.4 is 5.32 Å². The molecule has 0 radical (unpaired) electrons. The summed E-state index contributed by atoms with van der Waals surface area (Å²) in [7, 11) is 0. The molecule has 5 nitrogen and oxygen atoms in total. The van der Waals surface area contributed by atoms with Crippen molar-refractivity contribution in [2.75, 3.05) is 5.75 Å². The van der Waals surface area contributed by atoms with E-state index in [0.717, 1.165) is 0 Å². The second-order valence-electron chi connectivity index (χ2n) is 5.04. The summed E-state index contributed by atoms with van der Waals surface area (Å²) >= 11 is 1.31. The zero-order valence-electron chi connectivity index (χ0n) is 10.4. The highest BCUT2D eigenvalue weighted by atomic mass is 32.2. The lowest BCUT2D eigenvalue weighted by atomic mass is 9.93. The van der Waals surface area contributed by atoms with Crippen molar-refractivity contribution in [1.29, 1.82) is 0 Å². The van der Waals surface area contributed by atoms with Gasteiger partial charge in [-0.1, -0.05) is 37.7 Å². The number of nitrogens with one attached hydrogen (secondary N) is 1.